The summed E-state index contributed by atoms with van der Waals surface area (Å²) in [6.45, 7) is 13.5. The van der Waals surface area contributed by atoms with Crippen LogP contribution in [0.3, 0.4) is 0 Å². The molecule has 4 aliphatic rings. The number of imide groups is 1. The van der Waals surface area contributed by atoms with Gasteiger partial charge in [-0.05, 0) is 28.7 Å². The molecule has 16 heteroatoms. The molecule has 2 amide bonds. The van der Waals surface area contributed by atoms with Crippen molar-refractivity contribution in [3.63, 3.8) is 0 Å². The number of amides is 2. The average Bonchev–Trinajstić information content (AvgIpc) is 3.57. The van der Waals surface area contributed by atoms with Crippen LogP contribution in [0.25, 0.3) is 0 Å². The summed E-state index contributed by atoms with van der Waals surface area (Å²) in [7, 11) is 0. The van der Waals surface area contributed by atoms with Crippen molar-refractivity contribution >= 4 is 11.8 Å². The topological polar surface area (TPSA) is 168 Å². The Kier molecular flexibility index (Phi) is 25.3. The maximum atomic E-state index is 14.2. The Bertz CT molecular complexity index is 1530. The van der Waals surface area contributed by atoms with Gasteiger partial charge in [0.1, 0.15) is 0 Å². The third kappa shape index (κ3) is 15.6. The Labute approximate surface area is 379 Å². The van der Waals surface area contributed by atoms with Crippen molar-refractivity contribution in [2.75, 3.05) is 172 Å². The number of aliphatic hydroxyl groups is 1. The molecule has 2 atom stereocenters. The van der Waals surface area contributed by atoms with Gasteiger partial charge in [-0.25, -0.2) is 0 Å². The third-order valence-corrected chi connectivity index (χ3v) is 11.5. The van der Waals surface area contributed by atoms with E-state index in [4.69, 9.17) is 61.9 Å². The molecule has 2 aromatic rings. The fourth-order valence-electron chi connectivity index (χ4n) is 8.69. The van der Waals surface area contributed by atoms with Crippen molar-refractivity contribution in [1.82, 2.24) is 4.90 Å². The van der Waals surface area contributed by atoms with E-state index in [1.54, 1.807) is 4.90 Å². The Morgan fingerprint density at radius 1 is 0.469 bits per heavy atom. The summed E-state index contributed by atoms with van der Waals surface area (Å²) in [4.78, 5) is 29.8. The summed E-state index contributed by atoms with van der Waals surface area (Å²) >= 11 is 0. The second-order valence-electron chi connectivity index (χ2n) is 15.7. The van der Waals surface area contributed by atoms with E-state index in [1.165, 1.54) is 0 Å². The predicted octanol–water partition coefficient (Wildman–Crippen LogP) is 3.41. The van der Waals surface area contributed by atoms with Crippen molar-refractivity contribution in [2.45, 2.75) is 37.5 Å². The van der Waals surface area contributed by atoms with Gasteiger partial charge in [-0.2, -0.15) is 0 Å². The first-order valence-electron chi connectivity index (χ1n) is 23.2. The second-order valence-corrected chi connectivity index (χ2v) is 15.7. The minimum atomic E-state index is -0.750. The summed E-state index contributed by atoms with van der Waals surface area (Å²) in [5.41, 5.74) is 3.71. The van der Waals surface area contributed by atoms with E-state index in [9.17, 15) is 9.59 Å². The zero-order chi connectivity index (χ0) is 44.9. The summed E-state index contributed by atoms with van der Waals surface area (Å²) in [6, 6.07) is 16.6. The molecule has 2 bridgehead atoms. The van der Waals surface area contributed by atoms with E-state index in [0.29, 0.717) is 159 Å². The minimum Gasteiger partial charge on any atom is -0.394 e. The number of carbonyl (C=O) groups excluding carboxylic acids is 2. The van der Waals surface area contributed by atoms with E-state index >= 15 is 0 Å². The fraction of sp³-hybridized carbons (Fsp3) is 0.708. The molecule has 64 heavy (non-hydrogen) atoms. The van der Waals surface area contributed by atoms with Crippen molar-refractivity contribution in [1.29, 1.82) is 0 Å². The zero-order valence-corrected chi connectivity index (χ0v) is 38.0. The van der Waals surface area contributed by atoms with Crippen molar-refractivity contribution in [2.24, 2.45) is 11.8 Å². The Morgan fingerprint density at radius 3 is 1.17 bits per heavy atom. The SMILES string of the molecule is CCCCCN1C(=O)[C@H]2C3c4ccccc4C(COCCOCCOCCOCCOCCOCCOCCOCCOCCOCCOCCOCCO)(c4ccccc43)[C@H]2C1=O. The first kappa shape index (κ1) is 52.0. The number of rotatable bonds is 41. The van der Waals surface area contributed by atoms with Crippen molar-refractivity contribution in [3.05, 3.63) is 70.8 Å². The van der Waals surface area contributed by atoms with Crippen LogP contribution in [0, 0.1) is 11.8 Å². The highest BCUT2D eigenvalue weighted by Crippen LogP contribution is 2.64. The Hall–Kier alpha value is -2.94. The largest absolute Gasteiger partial charge is 0.394 e. The molecule has 1 saturated heterocycles. The van der Waals surface area contributed by atoms with Gasteiger partial charge < -0.3 is 61.9 Å². The third-order valence-electron chi connectivity index (χ3n) is 11.5. The number of aliphatic hydroxyl groups excluding tert-OH is 1. The molecule has 0 radical (unpaired) electrons. The van der Waals surface area contributed by atoms with Crippen molar-refractivity contribution in [3.8, 4) is 0 Å². The normalized spacial score (nSPS) is 19.7. The van der Waals surface area contributed by atoms with Crippen LogP contribution in [-0.2, 0) is 71.8 Å². The maximum Gasteiger partial charge on any atom is 0.234 e. The lowest BCUT2D eigenvalue weighted by Gasteiger charge is -2.54. The molecular formula is C48H73NO15. The summed E-state index contributed by atoms with van der Waals surface area (Å²) in [6.07, 6.45) is 2.83. The Morgan fingerprint density at radius 2 is 0.812 bits per heavy atom. The molecule has 0 spiro atoms. The smallest absolute Gasteiger partial charge is 0.234 e. The fourth-order valence-corrected chi connectivity index (χ4v) is 8.69. The van der Waals surface area contributed by atoms with Crippen LogP contribution < -0.4 is 0 Å². The van der Waals surface area contributed by atoms with Gasteiger partial charge in [0.15, 0.2) is 0 Å². The summed E-state index contributed by atoms with van der Waals surface area (Å²) in [5, 5.41) is 8.62. The lowest BCUT2D eigenvalue weighted by molar-refractivity contribution is -0.140. The zero-order valence-electron chi connectivity index (χ0n) is 38.0. The molecule has 1 heterocycles. The van der Waals surface area contributed by atoms with E-state index in [1.807, 2.05) is 24.3 Å². The number of carbonyl (C=O) groups is 2. The van der Waals surface area contributed by atoms with Crippen LogP contribution in [0.4, 0.5) is 0 Å². The monoisotopic (exact) mass is 903 g/mol. The van der Waals surface area contributed by atoms with Gasteiger partial charge in [0.05, 0.1) is 182 Å². The maximum absolute atomic E-state index is 14.2. The molecule has 6 rings (SSSR count). The van der Waals surface area contributed by atoms with Gasteiger partial charge >= 0.3 is 0 Å². The van der Waals surface area contributed by atoms with Crippen LogP contribution in [0.5, 0.6) is 0 Å². The van der Waals surface area contributed by atoms with Crippen molar-refractivity contribution < 1.29 is 71.5 Å². The van der Waals surface area contributed by atoms with Gasteiger partial charge in [-0.15, -0.1) is 0 Å². The molecule has 0 unspecified atom stereocenters. The first-order valence-corrected chi connectivity index (χ1v) is 23.2. The van der Waals surface area contributed by atoms with Crippen LogP contribution in [0.1, 0.15) is 54.4 Å². The molecule has 1 N–H and O–H groups in total. The van der Waals surface area contributed by atoms with E-state index in [-0.39, 0.29) is 30.9 Å². The molecular weight excluding hydrogens is 831 g/mol. The molecule has 3 aliphatic carbocycles. The molecule has 16 nitrogen and oxygen atoms in total. The van der Waals surface area contributed by atoms with Gasteiger partial charge in [0.25, 0.3) is 0 Å². The van der Waals surface area contributed by atoms with Gasteiger partial charge in [0, 0.05) is 12.5 Å². The average molecular weight is 904 g/mol. The van der Waals surface area contributed by atoms with E-state index in [2.05, 4.69) is 31.2 Å². The molecule has 0 aromatic heterocycles. The molecule has 1 aliphatic heterocycles. The number of nitrogens with zero attached hydrogens (tertiary/aromatic N) is 1. The predicted molar refractivity (Wildman–Crippen MR) is 236 cm³/mol. The van der Waals surface area contributed by atoms with Crippen LogP contribution >= 0.6 is 0 Å². The van der Waals surface area contributed by atoms with E-state index in [0.717, 1.165) is 41.5 Å². The number of hydrogen-bond donors (Lipinski definition) is 1. The number of unbranched alkanes of at least 4 members (excludes halogenated alkanes) is 2. The number of likely N-dealkylation sites (tertiary alicyclic amines) is 1. The minimum absolute atomic E-state index is 0.0178. The van der Waals surface area contributed by atoms with Crippen LogP contribution in [-0.4, -0.2) is 194 Å². The van der Waals surface area contributed by atoms with E-state index < -0.39 is 17.3 Å². The van der Waals surface area contributed by atoms with Crippen LogP contribution in [0.2, 0.25) is 0 Å². The lowest BCUT2D eigenvalue weighted by Crippen LogP contribution is -2.56. The molecule has 1 fully saturated rings. The number of ether oxygens (including phenoxy) is 12. The second kappa shape index (κ2) is 31.1. The summed E-state index contributed by atoms with van der Waals surface area (Å²) in [5.74, 6) is -1.16. The molecule has 360 valence electrons. The molecule has 0 saturated carbocycles. The highest BCUT2D eigenvalue weighted by Gasteiger charge is 2.68. The standard InChI is InChI=1S/C48H73NO15/c1-2-3-8-13-49-46(51)44-43-39-9-4-6-11-41(39)48(45(44)47(49)52,42-12-7-5-10-40(42)43)38-64-37-36-63-35-34-62-33-32-61-31-30-60-29-28-59-27-26-58-25-24-57-23-22-56-21-20-55-19-18-54-17-16-53-15-14-50/h4-7,9-12,43-45,50H,2-3,8,13-38H2,1H3/t43?,44-,45+,48?/m0/s1. The van der Waals surface area contributed by atoms with Gasteiger partial charge in [-0.1, -0.05) is 68.3 Å². The Balaban J connectivity index is 0.806. The lowest BCUT2D eigenvalue weighted by atomic mass is 9.47. The summed E-state index contributed by atoms with van der Waals surface area (Å²) < 4.78 is 66.9. The first-order chi connectivity index (χ1) is 31.7. The van der Waals surface area contributed by atoms with Gasteiger partial charge in [-0.3, -0.25) is 14.5 Å². The number of hydrogen-bond acceptors (Lipinski definition) is 15. The van der Waals surface area contributed by atoms with Gasteiger partial charge in [0.2, 0.25) is 11.8 Å². The number of benzene rings is 2. The molecule has 2 aromatic carbocycles. The highest BCUT2D eigenvalue weighted by atomic mass is 16.6. The highest BCUT2D eigenvalue weighted by molar-refractivity contribution is 6.08. The van der Waals surface area contributed by atoms with Crippen LogP contribution in [0.15, 0.2) is 48.5 Å². The quantitative estimate of drug-likeness (QED) is 0.0761.